The highest BCUT2D eigenvalue weighted by atomic mass is 32.2. The summed E-state index contributed by atoms with van der Waals surface area (Å²) < 4.78 is 25.9. The monoisotopic (exact) mass is 373 g/mol. The Kier molecular flexibility index (Phi) is 4.56. The lowest BCUT2D eigenvalue weighted by atomic mass is 9.99. The number of thiophene rings is 1. The van der Waals surface area contributed by atoms with Gasteiger partial charge in [0.1, 0.15) is 9.84 Å². The molecule has 3 nitrogen and oxygen atoms in total. The van der Waals surface area contributed by atoms with E-state index in [0.29, 0.717) is 5.75 Å². The maximum absolute atomic E-state index is 11.6. The topological polar surface area (TPSA) is 37.4 Å². The third-order valence-corrected chi connectivity index (χ3v) is 7.36. The van der Waals surface area contributed by atoms with E-state index in [9.17, 15) is 8.42 Å². The summed E-state index contributed by atoms with van der Waals surface area (Å²) in [5, 5.41) is 2.67. The standard InChI is InChI=1S/C20H23NO2S2/c1-25(22,23)14-15-6-5-11-21(12-15)13-16-7-4-9-18-17-8-2-3-10-19(17)24-20(16)18/h2-4,7-10,15H,5-6,11-14H2,1H3/t15-/m1/s1. The second kappa shape index (κ2) is 6.71. The molecular formula is C20H23NO2S2. The molecule has 1 atom stereocenters. The SMILES string of the molecule is CS(=O)(=O)C[C@@H]1CCCN(Cc2cccc3c2sc2ccccc23)C1. The summed E-state index contributed by atoms with van der Waals surface area (Å²) in [6.07, 6.45) is 3.46. The molecule has 0 aliphatic carbocycles. The minimum absolute atomic E-state index is 0.269. The van der Waals surface area contributed by atoms with Gasteiger partial charge in [-0.15, -0.1) is 11.3 Å². The van der Waals surface area contributed by atoms with Gasteiger partial charge in [0.2, 0.25) is 0 Å². The summed E-state index contributed by atoms with van der Waals surface area (Å²) in [7, 11) is -2.90. The Labute approximate surface area is 153 Å². The van der Waals surface area contributed by atoms with Gasteiger partial charge in [-0.2, -0.15) is 0 Å². The van der Waals surface area contributed by atoms with Gasteiger partial charge < -0.3 is 0 Å². The molecule has 0 N–H and O–H groups in total. The van der Waals surface area contributed by atoms with Crippen molar-refractivity contribution in [2.75, 3.05) is 25.1 Å². The summed E-state index contributed by atoms with van der Waals surface area (Å²) in [5.74, 6) is 0.585. The van der Waals surface area contributed by atoms with Gasteiger partial charge in [-0.3, -0.25) is 4.90 Å². The van der Waals surface area contributed by atoms with Crippen LogP contribution in [0.25, 0.3) is 20.2 Å². The first-order chi connectivity index (χ1) is 12.0. The molecule has 0 saturated carbocycles. The summed E-state index contributed by atoms with van der Waals surface area (Å²) in [6.45, 7) is 2.85. The zero-order valence-corrected chi connectivity index (χ0v) is 16.1. The molecule has 0 unspecified atom stereocenters. The third kappa shape index (κ3) is 3.73. The van der Waals surface area contributed by atoms with Crippen LogP contribution < -0.4 is 0 Å². The number of rotatable bonds is 4. The van der Waals surface area contributed by atoms with Crippen molar-refractivity contribution in [1.29, 1.82) is 0 Å². The van der Waals surface area contributed by atoms with E-state index in [1.165, 1.54) is 32.0 Å². The maximum atomic E-state index is 11.6. The Hall–Kier alpha value is -1.43. The molecule has 0 radical (unpaired) electrons. The predicted molar refractivity (Wildman–Crippen MR) is 107 cm³/mol. The molecule has 1 fully saturated rings. The van der Waals surface area contributed by atoms with E-state index in [1.54, 1.807) is 0 Å². The van der Waals surface area contributed by atoms with E-state index in [-0.39, 0.29) is 5.92 Å². The highest BCUT2D eigenvalue weighted by molar-refractivity contribution is 7.90. The van der Waals surface area contributed by atoms with Crippen LogP contribution in [0.1, 0.15) is 18.4 Å². The number of benzene rings is 2. The first kappa shape index (κ1) is 17.0. The van der Waals surface area contributed by atoms with Crippen molar-refractivity contribution >= 4 is 41.3 Å². The molecule has 1 aliphatic rings. The van der Waals surface area contributed by atoms with Crippen LogP contribution in [0.5, 0.6) is 0 Å². The molecule has 132 valence electrons. The molecular weight excluding hydrogens is 350 g/mol. The van der Waals surface area contributed by atoms with E-state index in [4.69, 9.17) is 0 Å². The van der Waals surface area contributed by atoms with Crippen molar-refractivity contribution in [1.82, 2.24) is 4.90 Å². The number of nitrogens with zero attached hydrogens (tertiary/aromatic N) is 1. The van der Waals surface area contributed by atoms with Gasteiger partial charge in [-0.05, 0) is 36.9 Å². The zero-order chi connectivity index (χ0) is 17.4. The van der Waals surface area contributed by atoms with E-state index in [2.05, 4.69) is 47.4 Å². The smallest absolute Gasteiger partial charge is 0.147 e. The fourth-order valence-electron chi connectivity index (χ4n) is 4.03. The fourth-order valence-corrected chi connectivity index (χ4v) is 6.36. The van der Waals surface area contributed by atoms with Gasteiger partial charge in [0.05, 0.1) is 5.75 Å². The highest BCUT2D eigenvalue weighted by Gasteiger charge is 2.23. The molecule has 4 rings (SSSR count). The van der Waals surface area contributed by atoms with Gasteiger partial charge in [-0.1, -0.05) is 36.4 Å². The van der Waals surface area contributed by atoms with Crippen LogP contribution in [0.4, 0.5) is 0 Å². The zero-order valence-electron chi connectivity index (χ0n) is 14.4. The van der Waals surface area contributed by atoms with Crippen LogP contribution in [-0.2, 0) is 16.4 Å². The second-order valence-corrected chi connectivity index (χ2v) is 10.5. The number of sulfone groups is 1. The number of hydrogen-bond acceptors (Lipinski definition) is 4. The molecule has 2 aromatic carbocycles. The third-order valence-electron chi connectivity index (χ3n) is 5.02. The van der Waals surface area contributed by atoms with Gasteiger partial charge >= 0.3 is 0 Å². The molecule has 1 aromatic heterocycles. The normalized spacial score (nSPS) is 19.6. The largest absolute Gasteiger partial charge is 0.299 e. The number of piperidine rings is 1. The van der Waals surface area contributed by atoms with Crippen molar-refractivity contribution in [3.8, 4) is 0 Å². The molecule has 0 bridgehead atoms. The van der Waals surface area contributed by atoms with Crippen molar-refractivity contribution in [2.45, 2.75) is 19.4 Å². The predicted octanol–water partition coefficient (Wildman–Crippen LogP) is 4.31. The Morgan fingerprint density at radius 3 is 2.76 bits per heavy atom. The Balaban J connectivity index is 1.60. The minimum atomic E-state index is -2.90. The Morgan fingerprint density at radius 2 is 1.92 bits per heavy atom. The van der Waals surface area contributed by atoms with Crippen molar-refractivity contribution < 1.29 is 8.42 Å². The van der Waals surface area contributed by atoms with Crippen LogP contribution >= 0.6 is 11.3 Å². The molecule has 0 amide bonds. The molecule has 25 heavy (non-hydrogen) atoms. The molecule has 1 aliphatic heterocycles. The van der Waals surface area contributed by atoms with E-state index < -0.39 is 9.84 Å². The van der Waals surface area contributed by atoms with Crippen molar-refractivity contribution in [2.24, 2.45) is 5.92 Å². The fraction of sp³-hybridized carbons (Fsp3) is 0.400. The Morgan fingerprint density at radius 1 is 1.12 bits per heavy atom. The van der Waals surface area contributed by atoms with E-state index in [1.807, 2.05) is 11.3 Å². The van der Waals surface area contributed by atoms with Crippen molar-refractivity contribution in [3.63, 3.8) is 0 Å². The van der Waals surface area contributed by atoms with Gasteiger partial charge in [0.15, 0.2) is 0 Å². The highest BCUT2D eigenvalue weighted by Crippen LogP contribution is 2.36. The lowest BCUT2D eigenvalue weighted by molar-refractivity contribution is 0.178. The average molecular weight is 374 g/mol. The Bertz CT molecular complexity index is 1010. The summed E-state index contributed by atoms with van der Waals surface area (Å²) in [5.41, 5.74) is 1.36. The van der Waals surface area contributed by atoms with Crippen LogP contribution in [-0.4, -0.2) is 38.4 Å². The quantitative estimate of drug-likeness (QED) is 0.684. The van der Waals surface area contributed by atoms with E-state index >= 15 is 0 Å². The average Bonchev–Trinajstić information content (AvgIpc) is 2.94. The van der Waals surface area contributed by atoms with Crippen LogP contribution in [0.15, 0.2) is 42.5 Å². The second-order valence-electron chi connectivity index (χ2n) is 7.23. The van der Waals surface area contributed by atoms with Gasteiger partial charge in [0.25, 0.3) is 0 Å². The lowest BCUT2D eigenvalue weighted by Crippen LogP contribution is -2.37. The summed E-state index contributed by atoms with van der Waals surface area (Å²) in [6, 6.07) is 15.2. The number of likely N-dealkylation sites (tertiary alicyclic amines) is 1. The first-order valence-electron chi connectivity index (χ1n) is 8.79. The molecule has 3 aromatic rings. The number of fused-ring (bicyclic) bond motifs is 3. The van der Waals surface area contributed by atoms with Crippen molar-refractivity contribution in [3.05, 3.63) is 48.0 Å². The summed E-state index contributed by atoms with van der Waals surface area (Å²) in [4.78, 5) is 2.43. The van der Waals surface area contributed by atoms with Crippen LogP contribution in [0, 0.1) is 5.92 Å². The minimum Gasteiger partial charge on any atom is -0.299 e. The molecule has 2 heterocycles. The maximum Gasteiger partial charge on any atom is 0.147 e. The lowest BCUT2D eigenvalue weighted by Gasteiger charge is -2.32. The molecule has 0 spiro atoms. The van der Waals surface area contributed by atoms with E-state index in [0.717, 1.165) is 32.5 Å². The molecule has 1 saturated heterocycles. The molecule has 5 heteroatoms. The summed E-state index contributed by atoms with van der Waals surface area (Å²) >= 11 is 1.87. The number of hydrogen-bond donors (Lipinski definition) is 0. The van der Waals surface area contributed by atoms with Gasteiger partial charge in [0, 0.05) is 39.5 Å². The van der Waals surface area contributed by atoms with Crippen LogP contribution in [0.2, 0.25) is 0 Å². The van der Waals surface area contributed by atoms with Gasteiger partial charge in [-0.25, -0.2) is 8.42 Å². The van der Waals surface area contributed by atoms with Crippen LogP contribution in [0.3, 0.4) is 0 Å². The first-order valence-corrected chi connectivity index (χ1v) is 11.7.